The summed E-state index contributed by atoms with van der Waals surface area (Å²) in [5.41, 5.74) is 0.883. The van der Waals surface area contributed by atoms with Crippen molar-refractivity contribution in [2.45, 2.75) is 44.8 Å². The van der Waals surface area contributed by atoms with Crippen molar-refractivity contribution >= 4 is 5.82 Å². The van der Waals surface area contributed by atoms with E-state index in [0.29, 0.717) is 18.8 Å². The molecular weight excluding hydrogens is 241 g/mol. The number of alkyl halides is 3. The van der Waals surface area contributed by atoms with Gasteiger partial charge in [-0.25, -0.2) is 4.98 Å². The van der Waals surface area contributed by atoms with Crippen LogP contribution in [0.25, 0.3) is 0 Å². The van der Waals surface area contributed by atoms with Gasteiger partial charge in [0.05, 0.1) is 0 Å². The van der Waals surface area contributed by atoms with Crippen LogP contribution < -0.4 is 4.90 Å². The lowest BCUT2D eigenvalue weighted by Crippen LogP contribution is -2.42. The minimum absolute atomic E-state index is 0.164. The average Bonchev–Trinajstić information content (AvgIpc) is 2.77. The molecule has 1 aliphatic heterocycles. The number of anilines is 1. The largest absolute Gasteiger partial charge is 0.408 e. The molecule has 5 heteroatoms. The fraction of sp³-hybridized carbons (Fsp3) is 0.615. The van der Waals surface area contributed by atoms with E-state index in [1.807, 2.05) is 19.9 Å². The molecule has 18 heavy (non-hydrogen) atoms. The highest BCUT2D eigenvalue weighted by Crippen LogP contribution is 2.37. The number of nitrogens with zero attached hydrogens (tertiary/aromatic N) is 2. The Bertz CT molecular complexity index is 415. The number of hydrogen-bond donors (Lipinski definition) is 0. The quantitative estimate of drug-likeness (QED) is 0.803. The van der Waals surface area contributed by atoms with Crippen molar-refractivity contribution in [1.82, 2.24) is 4.98 Å². The predicted octanol–water partition coefficient (Wildman–Crippen LogP) is 3.74. The number of halogens is 3. The summed E-state index contributed by atoms with van der Waals surface area (Å²) in [5, 5.41) is 0. The summed E-state index contributed by atoms with van der Waals surface area (Å²) in [7, 11) is 0. The Kier molecular flexibility index (Phi) is 3.50. The van der Waals surface area contributed by atoms with Gasteiger partial charge in [-0.1, -0.05) is 19.9 Å². The molecule has 1 unspecified atom stereocenters. The zero-order valence-corrected chi connectivity index (χ0v) is 10.5. The van der Waals surface area contributed by atoms with Crippen LogP contribution in [0.3, 0.4) is 0 Å². The van der Waals surface area contributed by atoms with Crippen molar-refractivity contribution in [3.05, 3.63) is 23.9 Å². The van der Waals surface area contributed by atoms with Gasteiger partial charge in [-0.15, -0.1) is 0 Å². The molecule has 2 nitrogen and oxygen atoms in total. The highest BCUT2D eigenvalue weighted by Gasteiger charge is 2.46. The predicted molar refractivity (Wildman–Crippen MR) is 64.7 cm³/mol. The van der Waals surface area contributed by atoms with Gasteiger partial charge >= 0.3 is 6.18 Å². The molecule has 1 aromatic rings. The van der Waals surface area contributed by atoms with Crippen LogP contribution in [0.5, 0.6) is 0 Å². The molecule has 0 spiro atoms. The molecule has 0 radical (unpaired) electrons. The Balaban J connectivity index is 2.36. The highest BCUT2D eigenvalue weighted by molar-refractivity contribution is 5.50. The Labute approximate surface area is 105 Å². The van der Waals surface area contributed by atoms with Crippen LogP contribution in [0, 0.1) is 0 Å². The minimum atomic E-state index is -4.18. The highest BCUT2D eigenvalue weighted by atomic mass is 19.4. The van der Waals surface area contributed by atoms with E-state index in [2.05, 4.69) is 4.98 Å². The zero-order valence-electron chi connectivity index (χ0n) is 10.5. The third-order valence-electron chi connectivity index (χ3n) is 3.34. The monoisotopic (exact) mass is 258 g/mol. The van der Waals surface area contributed by atoms with Crippen molar-refractivity contribution in [3.8, 4) is 0 Å². The normalized spacial score (nSPS) is 20.8. The first-order valence-corrected chi connectivity index (χ1v) is 6.19. The smallest absolute Gasteiger partial charge is 0.344 e. The van der Waals surface area contributed by atoms with Gasteiger partial charge in [0, 0.05) is 12.7 Å². The summed E-state index contributed by atoms with van der Waals surface area (Å²) < 4.78 is 38.9. The van der Waals surface area contributed by atoms with Gasteiger partial charge in [-0.05, 0) is 30.4 Å². The number of rotatable bonds is 2. The molecule has 1 aliphatic rings. The van der Waals surface area contributed by atoms with Gasteiger partial charge in [0.15, 0.2) is 0 Å². The molecule has 0 aliphatic carbocycles. The summed E-state index contributed by atoms with van der Waals surface area (Å²) >= 11 is 0. The first-order chi connectivity index (χ1) is 8.41. The van der Waals surface area contributed by atoms with E-state index < -0.39 is 12.2 Å². The van der Waals surface area contributed by atoms with Gasteiger partial charge < -0.3 is 4.90 Å². The third kappa shape index (κ3) is 2.44. The zero-order chi connectivity index (χ0) is 13.3. The van der Waals surface area contributed by atoms with Crippen molar-refractivity contribution < 1.29 is 13.2 Å². The Hall–Kier alpha value is -1.26. The van der Waals surface area contributed by atoms with Crippen LogP contribution in [-0.2, 0) is 0 Å². The van der Waals surface area contributed by atoms with Crippen molar-refractivity contribution in [2.24, 2.45) is 0 Å². The van der Waals surface area contributed by atoms with Crippen LogP contribution in [0.15, 0.2) is 18.3 Å². The number of hydrogen-bond acceptors (Lipinski definition) is 2. The second-order valence-corrected chi connectivity index (χ2v) is 4.96. The van der Waals surface area contributed by atoms with Crippen LogP contribution in [0.2, 0.25) is 0 Å². The molecule has 2 heterocycles. The minimum Gasteiger partial charge on any atom is -0.344 e. The van der Waals surface area contributed by atoms with Gasteiger partial charge in [0.2, 0.25) is 0 Å². The Morgan fingerprint density at radius 1 is 1.39 bits per heavy atom. The van der Waals surface area contributed by atoms with E-state index in [1.165, 1.54) is 4.90 Å². The second-order valence-electron chi connectivity index (χ2n) is 4.96. The molecule has 0 bridgehead atoms. The maximum absolute atomic E-state index is 13.0. The van der Waals surface area contributed by atoms with Crippen LogP contribution in [0.1, 0.15) is 38.2 Å². The van der Waals surface area contributed by atoms with Crippen LogP contribution in [-0.4, -0.2) is 23.7 Å². The summed E-state index contributed by atoms with van der Waals surface area (Å²) in [5.74, 6) is 0.663. The van der Waals surface area contributed by atoms with Crippen molar-refractivity contribution in [1.29, 1.82) is 0 Å². The van der Waals surface area contributed by atoms with Crippen LogP contribution >= 0.6 is 0 Å². The first kappa shape index (κ1) is 13.2. The van der Waals surface area contributed by atoms with Crippen molar-refractivity contribution in [2.75, 3.05) is 11.4 Å². The molecular formula is C13H17F3N2. The number of aromatic nitrogens is 1. The topological polar surface area (TPSA) is 16.1 Å². The van der Waals surface area contributed by atoms with Gasteiger partial charge in [-0.3, -0.25) is 0 Å². The van der Waals surface area contributed by atoms with E-state index in [9.17, 15) is 13.2 Å². The van der Waals surface area contributed by atoms with E-state index >= 15 is 0 Å². The molecule has 0 saturated carbocycles. The SMILES string of the molecule is CC(C)c1cccnc1N1CCCC1C(F)(F)F. The summed E-state index contributed by atoms with van der Waals surface area (Å²) in [4.78, 5) is 5.58. The molecule has 1 fully saturated rings. The second kappa shape index (κ2) is 4.78. The average molecular weight is 258 g/mol. The molecule has 100 valence electrons. The third-order valence-corrected chi connectivity index (χ3v) is 3.34. The molecule has 2 rings (SSSR count). The molecule has 0 aromatic carbocycles. The van der Waals surface area contributed by atoms with Crippen molar-refractivity contribution in [3.63, 3.8) is 0 Å². The number of pyridine rings is 1. The Morgan fingerprint density at radius 2 is 2.11 bits per heavy atom. The molecule has 0 amide bonds. The summed E-state index contributed by atoms with van der Waals surface area (Å²) in [6.07, 6.45) is -1.88. The maximum Gasteiger partial charge on any atom is 0.408 e. The van der Waals surface area contributed by atoms with E-state index in [0.717, 1.165) is 5.56 Å². The fourth-order valence-corrected chi connectivity index (χ4v) is 2.46. The molecule has 1 atom stereocenters. The molecule has 1 saturated heterocycles. The van der Waals surface area contributed by atoms with E-state index in [4.69, 9.17) is 0 Å². The lowest BCUT2D eigenvalue weighted by Gasteiger charge is -2.29. The fourth-order valence-electron chi connectivity index (χ4n) is 2.46. The lowest BCUT2D eigenvalue weighted by molar-refractivity contribution is -0.146. The Morgan fingerprint density at radius 3 is 2.72 bits per heavy atom. The first-order valence-electron chi connectivity index (χ1n) is 6.19. The lowest BCUT2D eigenvalue weighted by atomic mass is 10.0. The van der Waals surface area contributed by atoms with Gasteiger partial charge in [0.25, 0.3) is 0 Å². The standard InChI is InChI=1S/C13H17F3N2/c1-9(2)10-5-3-7-17-12(10)18-8-4-6-11(18)13(14,15)16/h3,5,7,9,11H,4,6,8H2,1-2H3. The van der Waals surface area contributed by atoms with Gasteiger partial charge in [-0.2, -0.15) is 13.2 Å². The summed E-state index contributed by atoms with van der Waals surface area (Å²) in [6.45, 7) is 4.37. The van der Waals surface area contributed by atoms with Gasteiger partial charge in [0.1, 0.15) is 11.9 Å². The summed E-state index contributed by atoms with van der Waals surface area (Å²) in [6, 6.07) is 2.25. The van der Waals surface area contributed by atoms with E-state index in [1.54, 1.807) is 12.3 Å². The maximum atomic E-state index is 13.0. The molecule has 0 N–H and O–H groups in total. The van der Waals surface area contributed by atoms with Crippen LogP contribution in [0.4, 0.5) is 19.0 Å². The molecule has 1 aromatic heterocycles. The van der Waals surface area contributed by atoms with E-state index in [-0.39, 0.29) is 12.3 Å².